The zero-order valence-electron chi connectivity index (χ0n) is 14.5. The molecule has 2 aromatic heterocycles. The van der Waals surface area contributed by atoms with Gasteiger partial charge in [-0.15, -0.1) is 0 Å². The van der Waals surface area contributed by atoms with Crippen LogP contribution in [0.2, 0.25) is 10.0 Å². The van der Waals surface area contributed by atoms with Gasteiger partial charge in [-0.3, -0.25) is 4.98 Å². The first-order valence-corrected chi connectivity index (χ1v) is 9.79. The van der Waals surface area contributed by atoms with E-state index in [0.29, 0.717) is 22.4 Å². The Labute approximate surface area is 167 Å². The van der Waals surface area contributed by atoms with Crippen molar-refractivity contribution in [3.63, 3.8) is 0 Å². The normalized spacial score (nSPS) is 11.3. The smallest absolute Gasteiger partial charge is 0.136 e. The lowest BCUT2D eigenvalue weighted by Crippen LogP contribution is -2.07. The minimum atomic E-state index is -0.136. The number of hydrogen-bond donors (Lipinski definition) is 1. The molecule has 0 amide bonds. The summed E-state index contributed by atoms with van der Waals surface area (Å²) in [6.07, 6.45) is 1.76. The van der Waals surface area contributed by atoms with Crippen LogP contribution in [0.5, 0.6) is 0 Å². The third kappa shape index (κ3) is 4.41. The first-order chi connectivity index (χ1) is 12.5. The van der Waals surface area contributed by atoms with Gasteiger partial charge in [0, 0.05) is 21.1 Å². The Kier molecular flexibility index (Phi) is 6.24. The Morgan fingerprint density at radius 1 is 1.15 bits per heavy atom. The molecular weight excluding hydrogens is 389 g/mol. The molecule has 0 saturated heterocycles. The van der Waals surface area contributed by atoms with Crippen LogP contribution in [0.25, 0.3) is 0 Å². The van der Waals surface area contributed by atoms with Crippen LogP contribution in [-0.2, 0) is 13.2 Å². The van der Waals surface area contributed by atoms with Gasteiger partial charge in [0.05, 0.1) is 17.9 Å². The minimum Gasteiger partial charge on any atom is -0.388 e. The van der Waals surface area contributed by atoms with Crippen molar-refractivity contribution >= 4 is 35.0 Å². The molecule has 0 spiro atoms. The highest BCUT2D eigenvalue weighted by atomic mass is 35.5. The summed E-state index contributed by atoms with van der Waals surface area (Å²) in [5, 5.41) is 12.0. The summed E-state index contributed by atoms with van der Waals surface area (Å²) >= 11 is 13.8. The Bertz CT molecular complexity index is 877. The topological polar surface area (TPSA) is 50.9 Å². The quantitative estimate of drug-likeness (QED) is 0.593. The Balaban J connectivity index is 2.07. The molecule has 0 saturated carbocycles. The lowest BCUT2D eigenvalue weighted by atomic mass is 10.1. The summed E-state index contributed by atoms with van der Waals surface area (Å²) in [6, 6.07) is 11.2. The van der Waals surface area contributed by atoms with Crippen LogP contribution in [0, 0.1) is 0 Å². The van der Waals surface area contributed by atoms with E-state index in [-0.39, 0.29) is 12.5 Å². The van der Waals surface area contributed by atoms with E-state index in [1.807, 2.05) is 34.9 Å². The molecule has 7 heteroatoms. The second-order valence-electron chi connectivity index (χ2n) is 6.15. The summed E-state index contributed by atoms with van der Waals surface area (Å²) in [6.45, 7) is 4.57. The van der Waals surface area contributed by atoms with Crippen molar-refractivity contribution in [3.8, 4) is 0 Å². The van der Waals surface area contributed by atoms with Crippen LogP contribution in [0.3, 0.4) is 0 Å². The lowest BCUT2D eigenvalue weighted by Gasteiger charge is -2.13. The zero-order valence-corrected chi connectivity index (χ0v) is 16.8. The maximum atomic E-state index is 9.82. The number of hydrogen-bond acceptors (Lipinski definition) is 4. The highest BCUT2D eigenvalue weighted by molar-refractivity contribution is 7.99. The van der Waals surface area contributed by atoms with Gasteiger partial charge in [-0.25, -0.2) is 4.98 Å². The molecular formula is C19H19Cl2N3OS. The average Bonchev–Trinajstić information content (AvgIpc) is 2.93. The van der Waals surface area contributed by atoms with Gasteiger partial charge < -0.3 is 9.67 Å². The summed E-state index contributed by atoms with van der Waals surface area (Å²) in [5.74, 6) is 0.831. The van der Waals surface area contributed by atoms with E-state index in [1.165, 1.54) is 0 Å². The van der Waals surface area contributed by atoms with E-state index < -0.39 is 0 Å². The van der Waals surface area contributed by atoms with E-state index in [2.05, 4.69) is 23.8 Å². The van der Waals surface area contributed by atoms with Crippen LogP contribution in [-0.4, -0.2) is 19.6 Å². The van der Waals surface area contributed by atoms with Crippen molar-refractivity contribution in [2.45, 2.75) is 42.8 Å². The molecule has 0 aliphatic carbocycles. The zero-order chi connectivity index (χ0) is 18.7. The molecule has 3 rings (SSSR count). The standard InChI is InChI=1S/C19H19Cl2N3OS/c1-12(2)18-19(26-16-8-13(20)7-14(21)9-16)24(17(11-25)23-18)10-15-5-3-4-6-22-15/h3-9,12,25H,10-11H2,1-2H3. The number of aliphatic hydroxyl groups is 1. The third-order valence-corrected chi connectivity index (χ3v) is 5.34. The third-order valence-electron chi connectivity index (χ3n) is 3.81. The SMILES string of the molecule is CC(C)c1nc(CO)n(Cc2ccccn2)c1Sc1cc(Cl)cc(Cl)c1. The maximum absolute atomic E-state index is 9.82. The average molecular weight is 408 g/mol. The minimum absolute atomic E-state index is 0.136. The number of imidazole rings is 1. The first kappa shape index (κ1) is 19.2. The van der Waals surface area contributed by atoms with Gasteiger partial charge in [0.15, 0.2) is 0 Å². The lowest BCUT2D eigenvalue weighted by molar-refractivity contribution is 0.264. The molecule has 136 valence electrons. The van der Waals surface area contributed by atoms with Gasteiger partial charge in [0.25, 0.3) is 0 Å². The van der Waals surface area contributed by atoms with Crippen LogP contribution in [0.15, 0.2) is 52.5 Å². The van der Waals surface area contributed by atoms with Gasteiger partial charge >= 0.3 is 0 Å². The first-order valence-electron chi connectivity index (χ1n) is 8.22. The number of benzene rings is 1. The largest absolute Gasteiger partial charge is 0.388 e. The molecule has 0 radical (unpaired) electrons. The summed E-state index contributed by atoms with van der Waals surface area (Å²) in [7, 11) is 0. The van der Waals surface area contributed by atoms with Gasteiger partial charge in [0.2, 0.25) is 0 Å². The summed E-state index contributed by atoms with van der Waals surface area (Å²) in [4.78, 5) is 9.99. The predicted octanol–water partition coefficient (Wildman–Crippen LogP) is 5.40. The van der Waals surface area contributed by atoms with Gasteiger partial charge in [-0.05, 0) is 36.2 Å². The maximum Gasteiger partial charge on any atom is 0.136 e. The molecule has 0 fully saturated rings. The van der Waals surface area contributed by atoms with Crippen molar-refractivity contribution in [2.75, 3.05) is 0 Å². The fraction of sp³-hybridized carbons (Fsp3) is 0.263. The van der Waals surface area contributed by atoms with Crippen molar-refractivity contribution in [3.05, 3.63) is 69.9 Å². The highest BCUT2D eigenvalue weighted by Gasteiger charge is 2.21. The van der Waals surface area contributed by atoms with Gasteiger partial charge in [-0.1, -0.05) is 54.9 Å². The number of rotatable bonds is 6. The number of aliphatic hydroxyl groups excluding tert-OH is 1. The highest BCUT2D eigenvalue weighted by Crippen LogP contribution is 2.37. The molecule has 0 atom stereocenters. The molecule has 4 nitrogen and oxygen atoms in total. The number of halogens is 2. The van der Waals surface area contributed by atoms with E-state index in [4.69, 9.17) is 23.2 Å². The van der Waals surface area contributed by atoms with Crippen LogP contribution in [0.1, 0.15) is 37.0 Å². The number of pyridine rings is 1. The van der Waals surface area contributed by atoms with Gasteiger partial charge in [0.1, 0.15) is 17.5 Å². The van der Waals surface area contributed by atoms with Crippen molar-refractivity contribution in [1.82, 2.24) is 14.5 Å². The van der Waals surface area contributed by atoms with E-state index in [9.17, 15) is 5.11 Å². The molecule has 0 unspecified atom stereocenters. The van der Waals surface area contributed by atoms with Crippen LogP contribution >= 0.6 is 35.0 Å². The van der Waals surface area contributed by atoms with Crippen molar-refractivity contribution < 1.29 is 5.11 Å². The molecule has 26 heavy (non-hydrogen) atoms. The fourth-order valence-electron chi connectivity index (χ4n) is 2.62. The second-order valence-corrected chi connectivity index (χ2v) is 8.08. The van der Waals surface area contributed by atoms with Crippen molar-refractivity contribution in [2.24, 2.45) is 0 Å². The summed E-state index contributed by atoms with van der Waals surface area (Å²) in [5.41, 5.74) is 1.84. The number of nitrogens with zero attached hydrogens (tertiary/aromatic N) is 3. The van der Waals surface area contributed by atoms with Crippen LogP contribution < -0.4 is 0 Å². The Hall–Kier alpha value is -1.53. The monoisotopic (exact) mass is 407 g/mol. The molecule has 2 heterocycles. The summed E-state index contributed by atoms with van der Waals surface area (Å²) < 4.78 is 2.01. The molecule has 0 bridgehead atoms. The molecule has 0 aliphatic rings. The van der Waals surface area contributed by atoms with Gasteiger partial charge in [-0.2, -0.15) is 0 Å². The van der Waals surface area contributed by atoms with E-state index in [0.717, 1.165) is 21.3 Å². The molecule has 1 N–H and O–H groups in total. The van der Waals surface area contributed by atoms with Crippen molar-refractivity contribution in [1.29, 1.82) is 0 Å². The molecule has 1 aromatic carbocycles. The van der Waals surface area contributed by atoms with E-state index in [1.54, 1.807) is 24.0 Å². The Morgan fingerprint density at radius 3 is 2.46 bits per heavy atom. The Morgan fingerprint density at radius 2 is 1.88 bits per heavy atom. The number of aromatic nitrogens is 3. The second kappa shape index (κ2) is 8.44. The van der Waals surface area contributed by atoms with E-state index >= 15 is 0 Å². The predicted molar refractivity (Wildman–Crippen MR) is 106 cm³/mol. The fourth-order valence-corrected chi connectivity index (χ4v) is 4.54. The molecule has 3 aromatic rings. The molecule has 0 aliphatic heterocycles. The van der Waals surface area contributed by atoms with Crippen LogP contribution in [0.4, 0.5) is 0 Å².